The fourth-order valence-corrected chi connectivity index (χ4v) is 2.88. The lowest BCUT2D eigenvalue weighted by Crippen LogP contribution is -2.51. The highest BCUT2D eigenvalue weighted by Gasteiger charge is 2.30. The minimum Gasteiger partial charge on any atom is -0.368 e. The molecule has 0 aromatic carbocycles. The molecule has 0 radical (unpaired) electrons. The van der Waals surface area contributed by atoms with E-state index in [2.05, 4.69) is 15.1 Å². The van der Waals surface area contributed by atoms with Crippen molar-refractivity contribution in [2.24, 2.45) is 0 Å². The van der Waals surface area contributed by atoms with Gasteiger partial charge in [-0.2, -0.15) is 5.10 Å². The lowest BCUT2D eigenvalue weighted by atomic mass is 10.2. The molecular formula is C14H22N4O2. The Morgan fingerprint density at radius 3 is 2.85 bits per heavy atom. The van der Waals surface area contributed by atoms with Crippen molar-refractivity contribution in [3.63, 3.8) is 0 Å². The van der Waals surface area contributed by atoms with Crippen LogP contribution >= 0.6 is 0 Å². The number of hydrogen-bond acceptors (Lipinski definition) is 4. The molecule has 6 heteroatoms. The molecule has 1 amide bonds. The summed E-state index contributed by atoms with van der Waals surface area (Å²) in [6.07, 6.45) is 3.60. The van der Waals surface area contributed by atoms with Crippen molar-refractivity contribution in [3.8, 4) is 0 Å². The van der Waals surface area contributed by atoms with Gasteiger partial charge in [0.1, 0.15) is 6.10 Å². The van der Waals surface area contributed by atoms with Gasteiger partial charge in [0.15, 0.2) is 0 Å². The molecule has 110 valence electrons. The van der Waals surface area contributed by atoms with E-state index >= 15 is 0 Å². The second-order valence-corrected chi connectivity index (χ2v) is 5.62. The van der Waals surface area contributed by atoms with Crippen LogP contribution in [-0.2, 0) is 16.1 Å². The van der Waals surface area contributed by atoms with Crippen LogP contribution in [0.25, 0.3) is 0 Å². The van der Waals surface area contributed by atoms with E-state index in [1.807, 2.05) is 18.0 Å². The molecule has 3 heterocycles. The summed E-state index contributed by atoms with van der Waals surface area (Å²) in [5.41, 5.74) is 2.37. The van der Waals surface area contributed by atoms with Gasteiger partial charge in [0, 0.05) is 50.6 Å². The third-order valence-electron chi connectivity index (χ3n) is 4.22. The Hall–Kier alpha value is -1.40. The zero-order valence-corrected chi connectivity index (χ0v) is 12.0. The summed E-state index contributed by atoms with van der Waals surface area (Å²) in [5, 5.41) is 7.01. The molecular weight excluding hydrogens is 256 g/mol. The van der Waals surface area contributed by atoms with E-state index in [0.29, 0.717) is 0 Å². The lowest BCUT2D eigenvalue weighted by Gasteiger charge is -2.35. The zero-order valence-electron chi connectivity index (χ0n) is 12.0. The Morgan fingerprint density at radius 1 is 1.45 bits per heavy atom. The fraction of sp³-hybridized carbons (Fsp3) is 0.714. The summed E-state index contributed by atoms with van der Waals surface area (Å²) in [7, 11) is 0. The number of carbonyl (C=O) groups excluding carboxylic acids is 1. The van der Waals surface area contributed by atoms with Gasteiger partial charge in [0.05, 0.1) is 6.20 Å². The van der Waals surface area contributed by atoms with E-state index in [1.54, 1.807) is 0 Å². The maximum atomic E-state index is 12.2. The number of nitrogens with one attached hydrogen (secondary N) is 1. The van der Waals surface area contributed by atoms with Crippen LogP contribution < -0.4 is 0 Å². The van der Waals surface area contributed by atoms with Crippen LogP contribution in [-0.4, -0.2) is 64.8 Å². The van der Waals surface area contributed by atoms with Crippen molar-refractivity contribution in [1.29, 1.82) is 0 Å². The SMILES string of the molecule is Cc1[nH]ncc1CN1CCN(C(=O)C2CCCO2)CC1. The third-order valence-corrected chi connectivity index (χ3v) is 4.22. The van der Waals surface area contributed by atoms with Gasteiger partial charge in [-0.25, -0.2) is 0 Å². The standard InChI is InChI=1S/C14H22N4O2/c1-11-12(9-15-16-11)10-17-4-6-18(7-5-17)14(19)13-3-2-8-20-13/h9,13H,2-8,10H2,1H3,(H,15,16). The van der Waals surface area contributed by atoms with E-state index in [1.165, 1.54) is 5.56 Å². The van der Waals surface area contributed by atoms with Crippen molar-refractivity contribution in [3.05, 3.63) is 17.5 Å². The largest absolute Gasteiger partial charge is 0.368 e. The van der Waals surface area contributed by atoms with Gasteiger partial charge in [-0.1, -0.05) is 0 Å². The smallest absolute Gasteiger partial charge is 0.251 e. The van der Waals surface area contributed by atoms with Crippen LogP contribution in [0.3, 0.4) is 0 Å². The molecule has 1 unspecified atom stereocenters. The monoisotopic (exact) mass is 278 g/mol. The van der Waals surface area contributed by atoms with Crippen LogP contribution in [0.4, 0.5) is 0 Å². The first-order valence-electron chi connectivity index (χ1n) is 7.35. The van der Waals surface area contributed by atoms with Gasteiger partial charge in [-0.15, -0.1) is 0 Å². The Balaban J connectivity index is 1.49. The van der Waals surface area contributed by atoms with Gasteiger partial charge < -0.3 is 9.64 Å². The highest BCUT2D eigenvalue weighted by atomic mass is 16.5. The van der Waals surface area contributed by atoms with Crippen LogP contribution in [0.15, 0.2) is 6.20 Å². The Kier molecular flexibility index (Phi) is 4.03. The molecule has 2 aliphatic rings. The van der Waals surface area contributed by atoms with Gasteiger partial charge >= 0.3 is 0 Å². The first-order valence-corrected chi connectivity index (χ1v) is 7.35. The second-order valence-electron chi connectivity index (χ2n) is 5.62. The predicted molar refractivity (Wildman–Crippen MR) is 74.2 cm³/mol. The number of amides is 1. The predicted octanol–water partition coefficient (Wildman–Crippen LogP) is 0.541. The molecule has 20 heavy (non-hydrogen) atoms. The summed E-state index contributed by atoms with van der Waals surface area (Å²) in [5.74, 6) is 0.182. The summed E-state index contributed by atoms with van der Waals surface area (Å²) >= 11 is 0. The number of piperazine rings is 1. The fourth-order valence-electron chi connectivity index (χ4n) is 2.88. The van der Waals surface area contributed by atoms with Crippen LogP contribution in [0.2, 0.25) is 0 Å². The van der Waals surface area contributed by atoms with Gasteiger partial charge in [0.25, 0.3) is 5.91 Å². The normalized spacial score (nSPS) is 24.2. The second kappa shape index (κ2) is 5.93. The van der Waals surface area contributed by atoms with E-state index in [-0.39, 0.29) is 12.0 Å². The molecule has 0 spiro atoms. The maximum absolute atomic E-state index is 12.2. The molecule has 1 aromatic rings. The maximum Gasteiger partial charge on any atom is 0.251 e. The summed E-state index contributed by atoms with van der Waals surface area (Å²) in [4.78, 5) is 16.6. The number of hydrogen-bond donors (Lipinski definition) is 1. The Bertz CT molecular complexity index is 459. The average molecular weight is 278 g/mol. The molecule has 0 bridgehead atoms. The average Bonchev–Trinajstić information content (AvgIpc) is 3.12. The van der Waals surface area contributed by atoms with E-state index in [0.717, 1.165) is 57.9 Å². The number of H-pyrrole nitrogens is 1. The number of carbonyl (C=O) groups is 1. The van der Waals surface area contributed by atoms with Crippen LogP contribution in [0.1, 0.15) is 24.1 Å². The molecule has 2 saturated heterocycles. The topological polar surface area (TPSA) is 61.5 Å². The molecule has 1 aromatic heterocycles. The number of aromatic nitrogens is 2. The van der Waals surface area contributed by atoms with Gasteiger partial charge in [-0.3, -0.25) is 14.8 Å². The molecule has 0 saturated carbocycles. The van der Waals surface area contributed by atoms with Crippen LogP contribution in [0, 0.1) is 6.92 Å². The van der Waals surface area contributed by atoms with Crippen molar-refractivity contribution < 1.29 is 9.53 Å². The summed E-state index contributed by atoms with van der Waals surface area (Å²) in [6, 6.07) is 0. The summed E-state index contributed by atoms with van der Waals surface area (Å²) in [6.45, 7) is 7.12. The van der Waals surface area contributed by atoms with Crippen molar-refractivity contribution >= 4 is 5.91 Å². The zero-order chi connectivity index (χ0) is 13.9. The van der Waals surface area contributed by atoms with Crippen molar-refractivity contribution in [1.82, 2.24) is 20.0 Å². The molecule has 2 aliphatic heterocycles. The third kappa shape index (κ3) is 2.86. The first kappa shape index (κ1) is 13.6. The highest BCUT2D eigenvalue weighted by molar-refractivity contribution is 5.81. The van der Waals surface area contributed by atoms with E-state index in [4.69, 9.17) is 4.74 Å². The Labute approximate surface area is 119 Å². The number of ether oxygens (including phenoxy) is 1. The first-order chi connectivity index (χ1) is 9.74. The molecule has 1 N–H and O–H groups in total. The number of aromatic amines is 1. The minimum atomic E-state index is -0.183. The van der Waals surface area contributed by atoms with Crippen molar-refractivity contribution in [2.45, 2.75) is 32.4 Å². The van der Waals surface area contributed by atoms with E-state index < -0.39 is 0 Å². The number of nitrogens with zero attached hydrogens (tertiary/aromatic N) is 3. The molecule has 2 fully saturated rings. The molecule has 0 aliphatic carbocycles. The highest BCUT2D eigenvalue weighted by Crippen LogP contribution is 2.17. The summed E-state index contributed by atoms with van der Waals surface area (Å²) < 4.78 is 5.48. The minimum absolute atomic E-state index is 0.182. The van der Waals surface area contributed by atoms with Crippen molar-refractivity contribution in [2.75, 3.05) is 32.8 Å². The molecule has 1 atom stereocenters. The van der Waals surface area contributed by atoms with E-state index in [9.17, 15) is 4.79 Å². The molecule has 6 nitrogen and oxygen atoms in total. The lowest BCUT2D eigenvalue weighted by molar-refractivity contribution is -0.142. The van der Waals surface area contributed by atoms with Gasteiger partial charge in [0.2, 0.25) is 0 Å². The number of rotatable bonds is 3. The van der Waals surface area contributed by atoms with Gasteiger partial charge in [-0.05, 0) is 19.8 Å². The molecule has 3 rings (SSSR count). The number of aryl methyl sites for hydroxylation is 1. The Morgan fingerprint density at radius 2 is 2.25 bits per heavy atom. The quantitative estimate of drug-likeness (QED) is 0.876. The van der Waals surface area contributed by atoms with Crippen LogP contribution in [0.5, 0.6) is 0 Å².